The smallest absolute Gasteiger partial charge is 0.226 e. The lowest BCUT2D eigenvalue weighted by Crippen LogP contribution is -2.12. The monoisotopic (exact) mass is 382 g/mol. The van der Waals surface area contributed by atoms with Gasteiger partial charge in [-0.1, -0.05) is 55.9 Å². The van der Waals surface area contributed by atoms with Crippen LogP contribution >= 0.6 is 11.3 Å². The second-order valence-corrected chi connectivity index (χ2v) is 8.80. The number of rotatable bonds is 6. The van der Waals surface area contributed by atoms with Gasteiger partial charge < -0.3 is 10.1 Å². The molecule has 0 radical (unpaired) electrons. The molecule has 0 fully saturated rings. The second kappa shape index (κ2) is 8.09. The Hall–Kier alpha value is -2.40. The van der Waals surface area contributed by atoms with Gasteiger partial charge in [-0.2, -0.15) is 0 Å². The molecule has 1 aromatic heterocycles. The minimum atomic E-state index is -0.0300. The number of aryl methyl sites for hydroxylation is 1. The van der Waals surface area contributed by atoms with E-state index in [0.29, 0.717) is 24.6 Å². The predicted molar refractivity (Wildman–Crippen MR) is 113 cm³/mol. The maximum atomic E-state index is 12.2. The number of anilines is 1. The standard InChI is InChI=1S/C22H26N2O2S/c1-15-7-10-17(11-8-15)26-13-5-6-20(25)24-21-23-18-12-9-16(22(2,3)4)14-19(18)27-21/h7-12,14H,5-6,13H2,1-4H3,(H,23,24,25). The zero-order chi connectivity index (χ0) is 19.4. The first-order valence-electron chi connectivity index (χ1n) is 9.22. The quantitative estimate of drug-likeness (QED) is 0.556. The Morgan fingerprint density at radius 3 is 2.59 bits per heavy atom. The van der Waals surface area contributed by atoms with Crippen LogP contribution in [0.3, 0.4) is 0 Å². The van der Waals surface area contributed by atoms with E-state index in [9.17, 15) is 4.79 Å². The molecule has 5 heteroatoms. The Morgan fingerprint density at radius 1 is 1.15 bits per heavy atom. The molecule has 4 nitrogen and oxygen atoms in total. The number of nitrogens with one attached hydrogen (secondary N) is 1. The molecule has 142 valence electrons. The first-order valence-corrected chi connectivity index (χ1v) is 10.0. The van der Waals surface area contributed by atoms with Gasteiger partial charge in [0.1, 0.15) is 5.75 Å². The van der Waals surface area contributed by atoms with Crippen LogP contribution in [-0.2, 0) is 10.2 Å². The van der Waals surface area contributed by atoms with Gasteiger partial charge in [-0.3, -0.25) is 4.79 Å². The maximum Gasteiger partial charge on any atom is 0.226 e. The summed E-state index contributed by atoms with van der Waals surface area (Å²) in [6.07, 6.45) is 1.08. The summed E-state index contributed by atoms with van der Waals surface area (Å²) in [4.78, 5) is 16.7. The van der Waals surface area contributed by atoms with Gasteiger partial charge >= 0.3 is 0 Å². The van der Waals surface area contributed by atoms with Crippen molar-refractivity contribution in [3.8, 4) is 5.75 Å². The van der Waals surface area contributed by atoms with Crippen molar-refractivity contribution >= 4 is 32.6 Å². The highest BCUT2D eigenvalue weighted by atomic mass is 32.1. The van der Waals surface area contributed by atoms with Crippen molar-refractivity contribution in [2.75, 3.05) is 11.9 Å². The lowest BCUT2D eigenvalue weighted by atomic mass is 9.87. The summed E-state index contributed by atoms with van der Waals surface area (Å²) >= 11 is 1.52. The van der Waals surface area contributed by atoms with E-state index < -0.39 is 0 Å². The fourth-order valence-corrected chi connectivity index (χ4v) is 3.60. The highest BCUT2D eigenvalue weighted by Crippen LogP contribution is 2.31. The molecule has 2 aromatic carbocycles. The Labute approximate surface area is 164 Å². The Morgan fingerprint density at radius 2 is 1.89 bits per heavy atom. The summed E-state index contributed by atoms with van der Waals surface area (Å²) in [5.74, 6) is 0.805. The fraction of sp³-hybridized carbons (Fsp3) is 0.364. The minimum absolute atomic E-state index is 0.0300. The summed E-state index contributed by atoms with van der Waals surface area (Å²) in [5, 5.41) is 3.56. The first kappa shape index (κ1) is 19.4. The molecule has 0 spiro atoms. The van der Waals surface area contributed by atoms with Crippen LogP contribution in [0.15, 0.2) is 42.5 Å². The number of nitrogens with zero attached hydrogens (tertiary/aromatic N) is 1. The molecule has 0 saturated heterocycles. The van der Waals surface area contributed by atoms with E-state index in [1.807, 2.05) is 37.3 Å². The predicted octanol–water partition coefficient (Wildman–Crippen LogP) is 5.70. The van der Waals surface area contributed by atoms with E-state index in [4.69, 9.17) is 4.74 Å². The van der Waals surface area contributed by atoms with Crippen LogP contribution in [-0.4, -0.2) is 17.5 Å². The van der Waals surface area contributed by atoms with Crippen molar-refractivity contribution < 1.29 is 9.53 Å². The van der Waals surface area contributed by atoms with Gasteiger partial charge in [0, 0.05) is 6.42 Å². The van der Waals surface area contributed by atoms with Crippen molar-refractivity contribution in [1.29, 1.82) is 0 Å². The van der Waals surface area contributed by atoms with E-state index in [0.717, 1.165) is 16.0 Å². The summed E-state index contributed by atoms with van der Waals surface area (Å²) in [6, 6.07) is 14.2. The number of carbonyl (C=O) groups excluding carboxylic acids is 1. The maximum absolute atomic E-state index is 12.2. The van der Waals surface area contributed by atoms with Gasteiger partial charge in [-0.05, 0) is 48.6 Å². The van der Waals surface area contributed by atoms with Gasteiger partial charge in [-0.25, -0.2) is 4.98 Å². The summed E-state index contributed by atoms with van der Waals surface area (Å²) < 4.78 is 6.76. The summed E-state index contributed by atoms with van der Waals surface area (Å²) in [5.41, 5.74) is 3.49. The molecule has 0 aliphatic carbocycles. The second-order valence-electron chi connectivity index (χ2n) is 7.76. The van der Waals surface area contributed by atoms with E-state index in [-0.39, 0.29) is 11.3 Å². The number of amides is 1. The molecule has 0 aliphatic rings. The van der Waals surface area contributed by atoms with Crippen molar-refractivity contribution in [2.45, 2.75) is 46.0 Å². The molecule has 0 aliphatic heterocycles. The molecule has 0 unspecified atom stereocenters. The fourth-order valence-electron chi connectivity index (χ4n) is 2.68. The van der Waals surface area contributed by atoms with E-state index >= 15 is 0 Å². The third-order valence-electron chi connectivity index (χ3n) is 4.34. The van der Waals surface area contributed by atoms with Gasteiger partial charge in [-0.15, -0.1) is 0 Å². The van der Waals surface area contributed by atoms with Crippen LogP contribution < -0.4 is 10.1 Å². The highest BCUT2D eigenvalue weighted by molar-refractivity contribution is 7.22. The van der Waals surface area contributed by atoms with Crippen LogP contribution in [0.1, 0.15) is 44.7 Å². The number of fused-ring (bicyclic) bond motifs is 1. The third kappa shape index (κ3) is 5.30. The number of hydrogen-bond donors (Lipinski definition) is 1. The van der Waals surface area contributed by atoms with E-state index in [1.54, 1.807) is 0 Å². The number of thiazole rings is 1. The first-order chi connectivity index (χ1) is 12.8. The van der Waals surface area contributed by atoms with Crippen molar-refractivity contribution in [1.82, 2.24) is 4.98 Å². The van der Waals surface area contributed by atoms with Crippen molar-refractivity contribution in [2.24, 2.45) is 0 Å². The van der Waals surface area contributed by atoms with Gasteiger partial charge in [0.25, 0.3) is 0 Å². The SMILES string of the molecule is Cc1ccc(OCCCC(=O)Nc2nc3ccc(C(C)(C)C)cc3s2)cc1. The molecule has 1 amide bonds. The molecule has 1 N–H and O–H groups in total. The normalized spacial score (nSPS) is 11.6. The number of carbonyl (C=O) groups is 1. The zero-order valence-electron chi connectivity index (χ0n) is 16.3. The van der Waals surface area contributed by atoms with Crippen LogP contribution in [0.4, 0.5) is 5.13 Å². The third-order valence-corrected chi connectivity index (χ3v) is 5.27. The van der Waals surface area contributed by atoms with Gasteiger partial charge in [0.05, 0.1) is 16.8 Å². The molecule has 0 saturated carbocycles. The summed E-state index contributed by atoms with van der Waals surface area (Å²) in [7, 11) is 0. The lowest BCUT2D eigenvalue weighted by Gasteiger charge is -2.18. The molecule has 3 aromatic rings. The molecule has 0 atom stereocenters. The van der Waals surface area contributed by atoms with Crippen molar-refractivity contribution in [3.63, 3.8) is 0 Å². The molecule has 3 rings (SSSR count). The average molecular weight is 383 g/mol. The Bertz CT molecular complexity index is 924. The van der Waals surface area contributed by atoms with Gasteiger partial charge in [0.15, 0.2) is 5.13 Å². The van der Waals surface area contributed by atoms with E-state index in [2.05, 4.69) is 43.2 Å². The van der Waals surface area contributed by atoms with Crippen LogP contribution in [0.25, 0.3) is 10.2 Å². The number of aromatic nitrogens is 1. The van der Waals surface area contributed by atoms with Crippen LogP contribution in [0.5, 0.6) is 5.75 Å². The van der Waals surface area contributed by atoms with Gasteiger partial charge in [0.2, 0.25) is 5.91 Å². The van der Waals surface area contributed by atoms with Crippen LogP contribution in [0, 0.1) is 6.92 Å². The molecule has 0 bridgehead atoms. The average Bonchev–Trinajstić information content (AvgIpc) is 3.00. The Balaban J connectivity index is 1.50. The minimum Gasteiger partial charge on any atom is -0.494 e. The summed E-state index contributed by atoms with van der Waals surface area (Å²) in [6.45, 7) is 9.13. The van der Waals surface area contributed by atoms with E-state index in [1.165, 1.54) is 22.5 Å². The molecular formula is C22H26N2O2S. The zero-order valence-corrected chi connectivity index (χ0v) is 17.2. The number of hydrogen-bond acceptors (Lipinski definition) is 4. The van der Waals surface area contributed by atoms with Crippen LogP contribution in [0.2, 0.25) is 0 Å². The lowest BCUT2D eigenvalue weighted by molar-refractivity contribution is -0.116. The van der Waals surface area contributed by atoms with Crippen molar-refractivity contribution in [3.05, 3.63) is 53.6 Å². The molecule has 1 heterocycles. The molecule has 27 heavy (non-hydrogen) atoms. The highest BCUT2D eigenvalue weighted by Gasteiger charge is 2.15. The Kier molecular flexibility index (Phi) is 5.80. The molecular weight excluding hydrogens is 356 g/mol. The topological polar surface area (TPSA) is 51.2 Å². The number of benzene rings is 2. The largest absolute Gasteiger partial charge is 0.494 e. The number of ether oxygens (including phenoxy) is 1.